The lowest BCUT2D eigenvalue weighted by Crippen LogP contribution is -2.21. The lowest BCUT2D eigenvalue weighted by Gasteiger charge is -2.14. The van der Waals surface area contributed by atoms with Gasteiger partial charge in [0.25, 0.3) is 10.0 Å². The summed E-state index contributed by atoms with van der Waals surface area (Å²) < 4.78 is 37.9. The van der Waals surface area contributed by atoms with Crippen LogP contribution in [0.25, 0.3) is 0 Å². The van der Waals surface area contributed by atoms with Crippen LogP contribution in [0.4, 0.5) is 0 Å². The molecule has 0 radical (unpaired) electrons. The van der Waals surface area contributed by atoms with Crippen molar-refractivity contribution >= 4 is 16.2 Å². The third kappa shape index (κ3) is 5.86. The second-order valence-electron chi connectivity index (χ2n) is 6.91. The number of hydrazone groups is 1. The van der Waals surface area contributed by atoms with Crippen LogP contribution in [-0.2, 0) is 16.6 Å². The Bertz CT molecular complexity index is 1130. The van der Waals surface area contributed by atoms with Gasteiger partial charge in [-0.1, -0.05) is 48.0 Å². The van der Waals surface area contributed by atoms with E-state index in [0.717, 1.165) is 15.5 Å². The van der Waals surface area contributed by atoms with Gasteiger partial charge in [-0.05, 0) is 55.3 Å². The lowest BCUT2D eigenvalue weighted by molar-refractivity contribution is 0.269. The molecule has 0 N–H and O–H groups in total. The second kappa shape index (κ2) is 10.1. The number of rotatable bonds is 9. The SMILES string of the molecule is CCOc1cc(C=NN(C)S(=O)(=O)c2ccc(C)cc2)ccc1OCc1ccccc1. The highest BCUT2D eigenvalue weighted by molar-refractivity contribution is 7.89. The topological polar surface area (TPSA) is 68.2 Å². The number of hydrogen-bond donors (Lipinski definition) is 0. The molecule has 7 heteroatoms. The van der Waals surface area contributed by atoms with Crippen molar-refractivity contribution < 1.29 is 17.9 Å². The second-order valence-corrected chi connectivity index (χ2v) is 8.86. The Labute approximate surface area is 183 Å². The van der Waals surface area contributed by atoms with Crippen LogP contribution in [0.5, 0.6) is 11.5 Å². The van der Waals surface area contributed by atoms with Crippen LogP contribution in [0.2, 0.25) is 0 Å². The van der Waals surface area contributed by atoms with Crippen molar-refractivity contribution in [3.05, 3.63) is 89.5 Å². The van der Waals surface area contributed by atoms with Gasteiger partial charge in [0, 0.05) is 7.05 Å². The van der Waals surface area contributed by atoms with Crippen molar-refractivity contribution in [2.75, 3.05) is 13.7 Å². The Kier molecular flexibility index (Phi) is 7.31. The Hall–Kier alpha value is -3.32. The van der Waals surface area contributed by atoms with Gasteiger partial charge in [0.15, 0.2) is 11.5 Å². The maximum Gasteiger partial charge on any atom is 0.278 e. The number of benzene rings is 3. The molecule has 3 aromatic carbocycles. The normalized spacial score (nSPS) is 11.5. The molecule has 0 atom stereocenters. The fraction of sp³-hybridized carbons (Fsp3) is 0.208. The molecule has 0 heterocycles. The van der Waals surface area contributed by atoms with E-state index < -0.39 is 10.0 Å². The first-order valence-electron chi connectivity index (χ1n) is 9.93. The summed E-state index contributed by atoms with van der Waals surface area (Å²) in [6.07, 6.45) is 1.48. The molecule has 162 valence electrons. The maximum absolute atomic E-state index is 12.7. The van der Waals surface area contributed by atoms with Crippen LogP contribution >= 0.6 is 0 Å². The summed E-state index contributed by atoms with van der Waals surface area (Å²) in [7, 11) is -2.30. The van der Waals surface area contributed by atoms with Gasteiger partial charge in [-0.2, -0.15) is 17.9 Å². The minimum atomic E-state index is -3.71. The Morgan fingerprint density at radius 3 is 2.32 bits per heavy atom. The quantitative estimate of drug-likeness (QED) is 0.361. The molecular weight excluding hydrogens is 412 g/mol. The van der Waals surface area contributed by atoms with E-state index in [0.29, 0.717) is 30.3 Å². The number of ether oxygens (including phenoxy) is 2. The zero-order valence-electron chi connectivity index (χ0n) is 17.9. The third-order valence-electron chi connectivity index (χ3n) is 4.54. The summed E-state index contributed by atoms with van der Waals surface area (Å²) >= 11 is 0. The molecule has 0 saturated carbocycles. The maximum atomic E-state index is 12.7. The molecule has 0 bridgehead atoms. The largest absolute Gasteiger partial charge is 0.490 e. The van der Waals surface area contributed by atoms with E-state index in [1.165, 1.54) is 13.3 Å². The summed E-state index contributed by atoms with van der Waals surface area (Å²) in [5.74, 6) is 1.19. The molecule has 0 spiro atoms. The summed E-state index contributed by atoms with van der Waals surface area (Å²) in [5, 5.41) is 4.11. The summed E-state index contributed by atoms with van der Waals surface area (Å²) in [4.78, 5) is 0.192. The van der Waals surface area contributed by atoms with Gasteiger partial charge in [-0.25, -0.2) is 0 Å². The van der Waals surface area contributed by atoms with Crippen LogP contribution in [0, 0.1) is 6.92 Å². The molecule has 6 nitrogen and oxygen atoms in total. The van der Waals surface area contributed by atoms with Crippen LogP contribution in [0.3, 0.4) is 0 Å². The molecule has 0 aliphatic heterocycles. The van der Waals surface area contributed by atoms with E-state index in [-0.39, 0.29) is 4.90 Å². The molecule has 0 aliphatic rings. The van der Waals surface area contributed by atoms with Crippen molar-refractivity contribution in [1.82, 2.24) is 4.41 Å². The molecule has 31 heavy (non-hydrogen) atoms. The molecule has 0 saturated heterocycles. The van der Waals surface area contributed by atoms with Crippen LogP contribution in [0.15, 0.2) is 82.8 Å². The van der Waals surface area contributed by atoms with Gasteiger partial charge in [-0.15, -0.1) is 0 Å². The van der Waals surface area contributed by atoms with E-state index in [2.05, 4.69) is 5.10 Å². The van der Waals surface area contributed by atoms with Crippen LogP contribution in [0.1, 0.15) is 23.6 Å². The smallest absolute Gasteiger partial charge is 0.278 e. The number of nitrogens with zero attached hydrogens (tertiary/aromatic N) is 2. The Balaban J connectivity index is 1.75. The minimum Gasteiger partial charge on any atom is -0.490 e. The summed E-state index contributed by atoms with van der Waals surface area (Å²) in [5.41, 5.74) is 2.74. The lowest BCUT2D eigenvalue weighted by atomic mass is 10.2. The molecule has 0 fully saturated rings. The molecule has 0 aromatic heterocycles. The van der Waals surface area contributed by atoms with Crippen molar-refractivity contribution in [1.29, 1.82) is 0 Å². The molecule has 0 unspecified atom stereocenters. The van der Waals surface area contributed by atoms with E-state index in [9.17, 15) is 8.42 Å². The predicted molar refractivity (Wildman–Crippen MR) is 122 cm³/mol. The summed E-state index contributed by atoms with van der Waals surface area (Å²) in [6.45, 7) is 4.70. The predicted octanol–water partition coefficient (Wildman–Crippen LogP) is 4.63. The standard InChI is InChI=1S/C24H26N2O4S/c1-4-29-24-16-21(12-15-23(24)30-18-20-8-6-5-7-9-20)17-25-26(3)31(27,28)22-13-10-19(2)11-14-22/h5-17H,4,18H2,1-3H3. The van der Waals surface area contributed by atoms with Gasteiger partial charge in [0.05, 0.1) is 17.7 Å². The van der Waals surface area contributed by atoms with E-state index >= 15 is 0 Å². The van der Waals surface area contributed by atoms with Gasteiger partial charge in [0.2, 0.25) is 0 Å². The molecule has 0 amide bonds. The van der Waals surface area contributed by atoms with Gasteiger partial charge in [-0.3, -0.25) is 0 Å². The van der Waals surface area contributed by atoms with Gasteiger partial charge >= 0.3 is 0 Å². The first-order chi connectivity index (χ1) is 14.9. The Morgan fingerprint density at radius 2 is 1.65 bits per heavy atom. The van der Waals surface area contributed by atoms with Crippen molar-refractivity contribution in [3.8, 4) is 11.5 Å². The molecular formula is C24H26N2O4S. The highest BCUT2D eigenvalue weighted by Crippen LogP contribution is 2.29. The first kappa shape index (κ1) is 22.4. The molecule has 3 rings (SSSR count). The summed E-state index contributed by atoms with van der Waals surface area (Å²) in [6, 6.07) is 21.9. The average molecular weight is 439 g/mol. The van der Waals surface area contributed by atoms with E-state index in [1.54, 1.807) is 42.5 Å². The monoisotopic (exact) mass is 438 g/mol. The fourth-order valence-electron chi connectivity index (χ4n) is 2.80. The highest BCUT2D eigenvalue weighted by Gasteiger charge is 2.18. The highest BCUT2D eigenvalue weighted by atomic mass is 32.2. The number of sulfonamides is 1. The molecule has 0 aliphatic carbocycles. The zero-order chi connectivity index (χ0) is 22.3. The van der Waals surface area contributed by atoms with Crippen LogP contribution in [-0.4, -0.2) is 32.7 Å². The van der Waals surface area contributed by atoms with Crippen molar-refractivity contribution in [3.63, 3.8) is 0 Å². The van der Waals surface area contributed by atoms with E-state index in [4.69, 9.17) is 9.47 Å². The average Bonchev–Trinajstić information content (AvgIpc) is 2.78. The zero-order valence-corrected chi connectivity index (χ0v) is 18.7. The minimum absolute atomic E-state index is 0.192. The van der Waals surface area contributed by atoms with Crippen LogP contribution < -0.4 is 9.47 Å². The van der Waals surface area contributed by atoms with Gasteiger partial charge in [0.1, 0.15) is 6.61 Å². The fourth-order valence-corrected chi connectivity index (χ4v) is 3.76. The number of hydrogen-bond acceptors (Lipinski definition) is 5. The van der Waals surface area contributed by atoms with Gasteiger partial charge < -0.3 is 9.47 Å². The number of aryl methyl sites for hydroxylation is 1. The third-order valence-corrected chi connectivity index (χ3v) is 6.20. The van der Waals surface area contributed by atoms with Crippen molar-refractivity contribution in [2.45, 2.75) is 25.3 Å². The Morgan fingerprint density at radius 1 is 0.935 bits per heavy atom. The van der Waals surface area contributed by atoms with Crippen molar-refractivity contribution in [2.24, 2.45) is 5.10 Å². The molecule has 3 aromatic rings. The first-order valence-corrected chi connectivity index (χ1v) is 11.4. The van der Waals surface area contributed by atoms with E-state index in [1.807, 2.05) is 44.2 Å².